The zero-order valence-electron chi connectivity index (χ0n) is 16.4. The van der Waals surface area contributed by atoms with Crippen molar-refractivity contribution < 1.29 is 13.2 Å². The number of fused-ring (bicyclic) bond motifs is 1. The van der Waals surface area contributed by atoms with Gasteiger partial charge in [0.1, 0.15) is 11.4 Å². The Kier molecular flexibility index (Phi) is 4.76. The molecule has 6 nitrogen and oxygen atoms in total. The van der Waals surface area contributed by atoms with Crippen molar-refractivity contribution in [3.8, 4) is 17.0 Å². The minimum Gasteiger partial charge on any atom is -0.496 e. The summed E-state index contributed by atoms with van der Waals surface area (Å²) in [5.74, 6) is 0.665. The highest BCUT2D eigenvalue weighted by Crippen LogP contribution is 2.28. The fraction of sp³-hybridized carbons (Fsp3) is 0.136. The van der Waals surface area contributed by atoms with Crippen molar-refractivity contribution in [3.63, 3.8) is 0 Å². The van der Waals surface area contributed by atoms with E-state index in [2.05, 4.69) is 9.71 Å². The fourth-order valence-corrected chi connectivity index (χ4v) is 4.64. The highest BCUT2D eigenvalue weighted by Gasteiger charge is 2.19. The van der Waals surface area contributed by atoms with Crippen molar-refractivity contribution >= 4 is 21.4 Å². The van der Waals surface area contributed by atoms with E-state index in [1.54, 1.807) is 38.3 Å². The van der Waals surface area contributed by atoms with Crippen molar-refractivity contribution in [3.05, 3.63) is 78.1 Å². The second-order valence-corrected chi connectivity index (χ2v) is 8.51. The Balaban J connectivity index is 1.60. The number of anilines is 1. The number of hydrogen-bond acceptors (Lipinski definition) is 4. The second kappa shape index (κ2) is 7.25. The topological polar surface area (TPSA) is 72.7 Å². The average molecular weight is 407 g/mol. The van der Waals surface area contributed by atoms with E-state index in [-0.39, 0.29) is 4.90 Å². The number of methoxy groups -OCH3 is 1. The van der Waals surface area contributed by atoms with Gasteiger partial charge in [-0.1, -0.05) is 18.2 Å². The van der Waals surface area contributed by atoms with Gasteiger partial charge in [-0.3, -0.25) is 4.72 Å². The maximum atomic E-state index is 12.9. The molecule has 7 heteroatoms. The number of hydrogen-bond donors (Lipinski definition) is 1. The van der Waals surface area contributed by atoms with Crippen molar-refractivity contribution in [2.24, 2.45) is 0 Å². The molecule has 29 heavy (non-hydrogen) atoms. The van der Waals surface area contributed by atoms with Gasteiger partial charge in [0.2, 0.25) is 0 Å². The molecule has 0 saturated heterocycles. The summed E-state index contributed by atoms with van der Waals surface area (Å²) in [7, 11) is -2.15. The molecule has 0 spiro atoms. The standard InChI is InChI=1S/C22H21N3O3S/c1-15-13-21(16(2)12-20(15)28-3)29(26,27)24-18-9-7-17(8-10-18)19-14-25-11-5-4-6-22(25)23-19/h4-14,24H,1-3H3. The number of pyridine rings is 1. The minimum absolute atomic E-state index is 0.236. The van der Waals surface area contributed by atoms with Crippen LogP contribution < -0.4 is 9.46 Å². The van der Waals surface area contributed by atoms with Crippen LogP contribution in [0.25, 0.3) is 16.9 Å². The molecule has 0 fully saturated rings. The maximum absolute atomic E-state index is 12.9. The zero-order valence-corrected chi connectivity index (χ0v) is 17.2. The predicted molar refractivity (Wildman–Crippen MR) is 114 cm³/mol. The first-order valence-corrected chi connectivity index (χ1v) is 10.6. The van der Waals surface area contributed by atoms with Crippen molar-refractivity contribution in [2.45, 2.75) is 18.7 Å². The average Bonchev–Trinajstić information content (AvgIpc) is 3.13. The Morgan fingerprint density at radius 1 is 1.00 bits per heavy atom. The predicted octanol–water partition coefficient (Wildman–Crippen LogP) is 4.43. The third-order valence-electron chi connectivity index (χ3n) is 4.78. The highest BCUT2D eigenvalue weighted by atomic mass is 32.2. The Morgan fingerprint density at radius 3 is 2.45 bits per heavy atom. The van der Waals surface area contributed by atoms with Crippen LogP contribution in [0.1, 0.15) is 11.1 Å². The van der Waals surface area contributed by atoms with Crippen LogP contribution in [0.5, 0.6) is 5.75 Å². The van der Waals surface area contributed by atoms with Crippen LogP contribution in [0.3, 0.4) is 0 Å². The molecule has 0 aliphatic carbocycles. The normalized spacial score (nSPS) is 11.6. The van der Waals surface area contributed by atoms with Crippen molar-refractivity contribution in [1.82, 2.24) is 9.38 Å². The Labute approximate surface area is 169 Å². The summed E-state index contributed by atoms with van der Waals surface area (Å²) < 4.78 is 35.6. The molecule has 0 bridgehead atoms. The molecule has 0 saturated carbocycles. The smallest absolute Gasteiger partial charge is 0.262 e. The quantitative estimate of drug-likeness (QED) is 0.531. The summed E-state index contributed by atoms with van der Waals surface area (Å²) in [6, 6.07) is 16.4. The Bertz CT molecular complexity index is 1260. The number of nitrogens with one attached hydrogen (secondary N) is 1. The third kappa shape index (κ3) is 3.69. The van der Waals surface area contributed by atoms with Crippen molar-refractivity contribution in [1.29, 1.82) is 0 Å². The lowest BCUT2D eigenvalue weighted by atomic mass is 10.1. The van der Waals surface area contributed by atoms with Gasteiger partial charge in [-0.25, -0.2) is 13.4 Å². The van der Waals surface area contributed by atoms with Gasteiger partial charge in [-0.2, -0.15) is 0 Å². The van der Waals surface area contributed by atoms with Crippen LogP contribution in [0.15, 0.2) is 71.9 Å². The molecule has 148 valence electrons. The summed E-state index contributed by atoms with van der Waals surface area (Å²) in [5, 5.41) is 0. The molecule has 1 N–H and O–H groups in total. The summed E-state index contributed by atoms with van der Waals surface area (Å²) in [5.41, 5.74) is 4.48. The fourth-order valence-electron chi connectivity index (χ4n) is 3.27. The first kappa shape index (κ1) is 19.0. The van der Waals surface area contributed by atoms with Gasteiger partial charge in [-0.15, -0.1) is 0 Å². The van der Waals surface area contributed by atoms with Crippen LogP contribution in [0.4, 0.5) is 5.69 Å². The van der Waals surface area contributed by atoms with Gasteiger partial charge in [-0.05, 0) is 61.4 Å². The molecule has 0 atom stereocenters. The number of sulfonamides is 1. The molecule has 2 heterocycles. The molecule has 4 aromatic rings. The Hall–Kier alpha value is -3.32. The third-order valence-corrected chi connectivity index (χ3v) is 6.30. The lowest BCUT2D eigenvalue weighted by molar-refractivity contribution is 0.411. The summed E-state index contributed by atoms with van der Waals surface area (Å²) in [4.78, 5) is 4.82. The van der Waals surface area contributed by atoms with Gasteiger partial charge in [0.15, 0.2) is 0 Å². The van der Waals surface area contributed by atoms with Gasteiger partial charge < -0.3 is 9.14 Å². The molecule has 4 rings (SSSR count). The largest absolute Gasteiger partial charge is 0.496 e. The second-order valence-electron chi connectivity index (χ2n) is 6.86. The van der Waals surface area contributed by atoms with E-state index in [4.69, 9.17) is 4.74 Å². The Morgan fingerprint density at radius 2 is 1.76 bits per heavy atom. The molecular weight excluding hydrogens is 386 g/mol. The lowest BCUT2D eigenvalue weighted by Gasteiger charge is -2.13. The van der Waals surface area contributed by atoms with E-state index in [1.807, 2.05) is 54.0 Å². The number of benzene rings is 2. The van der Waals surface area contributed by atoms with E-state index < -0.39 is 10.0 Å². The van der Waals surface area contributed by atoms with Crippen LogP contribution in [-0.4, -0.2) is 24.9 Å². The molecular formula is C22H21N3O3S. The maximum Gasteiger partial charge on any atom is 0.262 e. The van der Waals surface area contributed by atoms with Crippen LogP contribution in [-0.2, 0) is 10.0 Å². The first-order chi connectivity index (χ1) is 13.9. The lowest BCUT2D eigenvalue weighted by Crippen LogP contribution is -2.14. The molecule has 2 aromatic carbocycles. The van der Waals surface area contributed by atoms with Crippen molar-refractivity contribution in [2.75, 3.05) is 11.8 Å². The SMILES string of the molecule is COc1cc(C)c(S(=O)(=O)Nc2ccc(-c3cn4ccccc4n3)cc2)cc1C. The van der Waals surface area contributed by atoms with E-state index in [1.165, 1.54) is 0 Å². The van der Waals surface area contributed by atoms with E-state index >= 15 is 0 Å². The molecule has 2 aromatic heterocycles. The molecule has 0 amide bonds. The highest BCUT2D eigenvalue weighted by molar-refractivity contribution is 7.92. The van der Waals surface area contributed by atoms with E-state index in [0.717, 1.165) is 22.5 Å². The molecule has 0 unspecified atom stereocenters. The summed E-state index contributed by atoms with van der Waals surface area (Å²) in [6.07, 6.45) is 3.88. The van der Waals surface area contributed by atoms with Gasteiger partial charge in [0, 0.05) is 23.6 Å². The van der Waals surface area contributed by atoms with E-state index in [0.29, 0.717) is 17.0 Å². The number of imidazole rings is 1. The number of aryl methyl sites for hydroxylation is 2. The van der Waals surface area contributed by atoms with Crippen LogP contribution >= 0.6 is 0 Å². The molecule has 0 aliphatic rings. The van der Waals surface area contributed by atoms with Crippen LogP contribution in [0.2, 0.25) is 0 Å². The number of ether oxygens (including phenoxy) is 1. The van der Waals surface area contributed by atoms with Gasteiger partial charge in [0.05, 0.1) is 17.7 Å². The van der Waals surface area contributed by atoms with Crippen LogP contribution in [0, 0.1) is 13.8 Å². The number of nitrogens with zero attached hydrogens (tertiary/aromatic N) is 2. The molecule has 0 radical (unpaired) electrons. The summed E-state index contributed by atoms with van der Waals surface area (Å²) in [6.45, 7) is 3.57. The monoisotopic (exact) mass is 407 g/mol. The summed E-state index contributed by atoms with van der Waals surface area (Å²) >= 11 is 0. The minimum atomic E-state index is -3.71. The molecule has 0 aliphatic heterocycles. The number of aromatic nitrogens is 2. The first-order valence-electron chi connectivity index (χ1n) is 9.09. The number of rotatable bonds is 5. The van der Waals surface area contributed by atoms with E-state index in [9.17, 15) is 8.42 Å². The van der Waals surface area contributed by atoms with Gasteiger partial charge in [0.25, 0.3) is 10.0 Å². The zero-order chi connectivity index (χ0) is 20.6. The van der Waals surface area contributed by atoms with Gasteiger partial charge >= 0.3 is 0 Å².